The minimum Gasteiger partial charge on any atom is -0.457 e. The lowest BCUT2D eigenvalue weighted by Crippen LogP contribution is -2.00. The van der Waals surface area contributed by atoms with E-state index in [2.05, 4.69) is 18.2 Å². The molecule has 0 aliphatic carbocycles. The monoisotopic (exact) mass is 295 g/mol. The Morgan fingerprint density at radius 3 is 2.64 bits per heavy atom. The summed E-state index contributed by atoms with van der Waals surface area (Å²) in [6, 6.07) is 13.9. The number of fused-ring (bicyclic) bond motifs is 1. The van der Waals surface area contributed by atoms with Crippen LogP contribution in [0.25, 0.3) is 11.0 Å². The van der Waals surface area contributed by atoms with Gasteiger partial charge in [-0.2, -0.15) is 0 Å². The molecular formula is C18H19N2O2. The molecule has 1 aromatic heterocycles. The minimum absolute atomic E-state index is 0.729. The van der Waals surface area contributed by atoms with E-state index in [1.54, 1.807) is 7.11 Å². The Labute approximate surface area is 130 Å². The molecule has 1 radical (unpaired) electrons. The maximum atomic E-state index is 5.91. The number of hydrogen-bond acceptors (Lipinski definition) is 3. The van der Waals surface area contributed by atoms with Crippen molar-refractivity contribution in [2.24, 2.45) is 0 Å². The first-order valence-corrected chi connectivity index (χ1v) is 7.38. The normalized spacial score (nSPS) is 11.0. The zero-order valence-electron chi connectivity index (χ0n) is 12.9. The molecule has 0 bridgehead atoms. The molecule has 0 spiro atoms. The van der Waals surface area contributed by atoms with Crippen LogP contribution in [0.5, 0.6) is 11.5 Å². The quantitative estimate of drug-likeness (QED) is 0.645. The van der Waals surface area contributed by atoms with Crippen LogP contribution >= 0.6 is 0 Å². The number of aryl methyl sites for hydroxylation is 2. The summed E-state index contributed by atoms with van der Waals surface area (Å²) in [5.41, 5.74) is 3.17. The molecule has 0 saturated carbocycles. The third-order valence-corrected chi connectivity index (χ3v) is 3.52. The van der Waals surface area contributed by atoms with Crippen molar-refractivity contribution >= 4 is 11.0 Å². The van der Waals surface area contributed by atoms with Crippen LogP contribution < -0.4 is 4.74 Å². The smallest absolute Gasteiger partial charge is 0.177 e. The van der Waals surface area contributed by atoms with Gasteiger partial charge in [0.25, 0.3) is 0 Å². The minimum atomic E-state index is 0.729. The summed E-state index contributed by atoms with van der Waals surface area (Å²) in [5, 5.41) is 0. The molecular weight excluding hydrogens is 276 g/mol. The number of aromatic nitrogens is 2. The molecule has 4 heteroatoms. The Morgan fingerprint density at radius 2 is 1.86 bits per heavy atom. The van der Waals surface area contributed by atoms with Gasteiger partial charge in [-0.25, -0.2) is 4.98 Å². The van der Waals surface area contributed by atoms with Crippen molar-refractivity contribution in [3.8, 4) is 11.5 Å². The number of nitrogens with zero attached hydrogens (tertiary/aromatic N) is 2. The summed E-state index contributed by atoms with van der Waals surface area (Å²) in [5.74, 6) is 1.64. The van der Waals surface area contributed by atoms with Gasteiger partial charge in [0.15, 0.2) is 6.33 Å². The van der Waals surface area contributed by atoms with Gasteiger partial charge < -0.3 is 14.0 Å². The van der Waals surface area contributed by atoms with Gasteiger partial charge >= 0.3 is 0 Å². The van der Waals surface area contributed by atoms with Crippen molar-refractivity contribution in [3.05, 3.63) is 54.4 Å². The first-order valence-electron chi connectivity index (χ1n) is 7.38. The fourth-order valence-corrected chi connectivity index (χ4v) is 2.33. The lowest BCUT2D eigenvalue weighted by molar-refractivity contribution is 0.190. The van der Waals surface area contributed by atoms with Crippen LogP contribution in [0.1, 0.15) is 12.0 Å². The van der Waals surface area contributed by atoms with Crippen LogP contribution in [-0.2, 0) is 11.3 Å². The van der Waals surface area contributed by atoms with E-state index in [9.17, 15) is 0 Å². The Balaban J connectivity index is 1.81. The van der Waals surface area contributed by atoms with Crippen LogP contribution in [0.2, 0.25) is 0 Å². The van der Waals surface area contributed by atoms with Crippen LogP contribution in [0.15, 0.2) is 42.5 Å². The second-order valence-electron chi connectivity index (χ2n) is 5.28. The average molecular weight is 295 g/mol. The Morgan fingerprint density at radius 1 is 1.09 bits per heavy atom. The molecule has 0 aliphatic heterocycles. The number of benzene rings is 2. The summed E-state index contributed by atoms with van der Waals surface area (Å²) >= 11 is 0. The topological polar surface area (TPSA) is 36.3 Å². The van der Waals surface area contributed by atoms with Crippen LogP contribution in [-0.4, -0.2) is 23.3 Å². The molecule has 0 unspecified atom stereocenters. The highest BCUT2D eigenvalue weighted by molar-refractivity contribution is 5.77. The molecule has 113 valence electrons. The number of rotatable bonds is 6. The van der Waals surface area contributed by atoms with Gasteiger partial charge in [0.2, 0.25) is 0 Å². The number of methoxy groups -OCH3 is 1. The number of imidazole rings is 1. The Hall–Kier alpha value is -2.33. The van der Waals surface area contributed by atoms with E-state index in [0.717, 1.165) is 42.1 Å². The second-order valence-corrected chi connectivity index (χ2v) is 5.28. The van der Waals surface area contributed by atoms with Crippen molar-refractivity contribution < 1.29 is 9.47 Å². The van der Waals surface area contributed by atoms with Gasteiger partial charge in [-0.1, -0.05) is 17.7 Å². The van der Waals surface area contributed by atoms with Gasteiger partial charge in [0, 0.05) is 26.3 Å². The molecule has 3 rings (SSSR count). The van der Waals surface area contributed by atoms with Crippen molar-refractivity contribution in [1.82, 2.24) is 9.55 Å². The third-order valence-electron chi connectivity index (χ3n) is 3.52. The highest BCUT2D eigenvalue weighted by atomic mass is 16.5. The van der Waals surface area contributed by atoms with E-state index >= 15 is 0 Å². The zero-order valence-corrected chi connectivity index (χ0v) is 12.9. The molecule has 3 aromatic rings. The molecule has 4 nitrogen and oxygen atoms in total. The Bertz CT molecular complexity index is 747. The van der Waals surface area contributed by atoms with Gasteiger partial charge in [-0.05, 0) is 37.6 Å². The summed E-state index contributed by atoms with van der Waals surface area (Å²) in [7, 11) is 1.71. The van der Waals surface area contributed by atoms with Gasteiger partial charge in [-0.3, -0.25) is 0 Å². The molecule has 0 N–H and O–H groups in total. The molecule has 1 heterocycles. The van der Waals surface area contributed by atoms with Crippen LogP contribution in [0.4, 0.5) is 0 Å². The summed E-state index contributed by atoms with van der Waals surface area (Å²) < 4.78 is 13.0. The van der Waals surface area contributed by atoms with Gasteiger partial charge in [-0.15, -0.1) is 0 Å². The average Bonchev–Trinajstić information content (AvgIpc) is 2.93. The van der Waals surface area contributed by atoms with Crippen LogP contribution in [0.3, 0.4) is 0 Å². The lowest BCUT2D eigenvalue weighted by Gasteiger charge is -2.07. The first kappa shape index (κ1) is 14.6. The molecule has 0 fully saturated rings. The molecule has 22 heavy (non-hydrogen) atoms. The maximum absolute atomic E-state index is 5.91. The largest absolute Gasteiger partial charge is 0.457 e. The van der Waals surface area contributed by atoms with Crippen LogP contribution in [0, 0.1) is 13.3 Å². The molecule has 2 aromatic carbocycles. The van der Waals surface area contributed by atoms with Gasteiger partial charge in [0.1, 0.15) is 11.5 Å². The van der Waals surface area contributed by atoms with E-state index in [4.69, 9.17) is 9.47 Å². The molecule has 0 aliphatic rings. The Kier molecular flexibility index (Phi) is 4.39. The highest BCUT2D eigenvalue weighted by Crippen LogP contribution is 2.25. The van der Waals surface area contributed by atoms with Crippen molar-refractivity contribution in [2.75, 3.05) is 13.7 Å². The number of ether oxygens (including phenoxy) is 2. The number of hydrogen-bond donors (Lipinski definition) is 0. The fraction of sp³-hybridized carbons (Fsp3) is 0.278. The van der Waals surface area contributed by atoms with Gasteiger partial charge in [0.05, 0.1) is 11.0 Å². The standard InChI is InChI=1S/C18H19N2O2/c1-14-4-6-15(7-5-14)22-16-8-9-17-18(12-16)20(13-19-17)10-3-11-21-2/h4-9,12H,3,10-11H2,1-2H3. The summed E-state index contributed by atoms with van der Waals surface area (Å²) in [6.45, 7) is 3.62. The predicted octanol–water partition coefficient (Wildman–Crippen LogP) is 3.97. The van der Waals surface area contributed by atoms with E-state index < -0.39 is 0 Å². The highest BCUT2D eigenvalue weighted by Gasteiger charge is 2.06. The second kappa shape index (κ2) is 6.62. The first-order chi connectivity index (χ1) is 10.8. The van der Waals surface area contributed by atoms with Crippen molar-refractivity contribution in [3.63, 3.8) is 0 Å². The molecule has 0 amide bonds. The van der Waals surface area contributed by atoms with Crippen molar-refractivity contribution in [2.45, 2.75) is 19.9 Å². The zero-order chi connectivity index (χ0) is 15.4. The maximum Gasteiger partial charge on any atom is 0.177 e. The third kappa shape index (κ3) is 3.28. The van der Waals surface area contributed by atoms with Crippen molar-refractivity contribution in [1.29, 1.82) is 0 Å². The molecule has 0 atom stereocenters. The van der Waals surface area contributed by atoms with E-state index in [1.807, 2.05) is 47.0 Å². The predicted molar refractivity (Wildman–Crippen MR) is 86.3 cm³/mol. The lowest BCUT2D eigenvalue weighted by atomic mass is 10.2. The SMILES string of the molecule is COCCCn1[c]nc2ccc(Oc3ccc(C)cc3)cc21. The fourth-order valence-electron chi connectivity index (χ4n) is 2.33. The van der Waals surface area contributed by atoms with E-state index in [1.165, 1.54) is 5.56 Å². The van der Waals surface area contributed by atoms with E-state index in [0.29, 0.717) is 0 Å². The molecule has 0 saturated heterocycles. The summed E-state index contributed by atoms with van der Waals surface area (Å²) in [6.07, 6.45) is 3.96. The summed E-state index contributed by atoms with van der Waals surface area (Å²) in [4.78, 5) is 4.30. The van der Waals surface area contributed by atoms with E-state index in [-0.39, 0.29) is 0 Å².